The molecule has 9 rings (SSSR count). The first-order valence-corrected chi connectivity index (χ1v) is 20.6. The highest BCUT2D eigenvalue weighted by Gasteiger charge is 2.35. The summed E-state index contributed by atoms with van der Waals surface area (Å²) in [6.07, 6.45) is 1.02. The summed E-state index contributed by atoms with van der Waals surface area (Å²) in [4.78, 5) is 36.1. The van der Waals surface area contributed by atoms with Gasteiger partial charge in [0.2, 0.25) is 0 Å². The highest BCUT2D eigenvalue weighted by molar-refractivity contribution is 5.93. The van der Waals surface area contributed by atoms with Crippen LogP contribution in [0, 0.1) is 19.8 Å². The molecule has 2 fully saturated rings. The van der Waals surface area contributed by atoms with Gasteiger partial charge in [-0.2, -0.15) is 0 Å². The first-order chi connectivity index (χ1) is 29.7. The minimum absolute atomic E-state index is 0.0413. The second kappa shape index (κ2) is 18.3. The van der Waals surface area contributed by atoms with Gasteiger partial charge in [-0.15, -0.1) is 0 Å². The molecule has 13 nitrogen and oxygen atoms in total. The van der Waals surface area contributed by atoms with Crippen molar-refractivity contribution < 1.29 is 30.0 Å². The molecule has 0 radical (unpaired) electrons. The highest BCUT2D eigenvalue weighted by atomic mass is 16.5. The number of aromatic hydroxyl groups is 2. The van der Waals surface area contributed by atoms with Gasteiger partial charge in [0, 0.05) is 37.0 Å². The van der Waals surface area contributed by atoms with Crippen LogP contribution in [-0.4, -0.2) is 97.8 Å². The van der Waals surface area contributed by atoms with Crippen molar-refractivity contribution in [2.75, 3.05) is 49.2 Å². The number of esters is 1. The molecular weight excluding hydrogens is 771 g/mol. The Morgan fingerprint density at radius 1 is 0.672 bits per heavy atom. The molecule has 312 valence electrons. The Kier molecular flexibility index (Phi) is 12.3. The van der Waals surface area contributed by atoms with E-state index in [1.807, 2.05) is 86.6 Å². The zero-order valence-electron chi connectivity index (χ0n) is 34.1. The molecule has 61 heavy (non-hydrogen) atoms. The molecule has 3 atom stereocenters. The molecule has 0 saturated carbocycles. The van der Waals surface area contributed by atoms with E-state index in [4.69, 9.17) is 24.7 Å². The molecule has 3 unspecified atom stereocenters. The Morgan fingerprint density at radius 3 is 1.74 bits per heavy atom. The van der Waals surface area contributed by atoms with Gasteiger partial charge in [-0.1, -0.05) is 54.6 Å². The van der Waals surface area contributed by atoms with E-state index in [9.17, 15) is 25.2 Å². The summed E-state index contributed by atoms with van der Waals surface area (Å²) < 4.78 is 5.57. The van der Waals surface area contributed by atoms with Gasteiger partial charge < -0.3 is 40.3 Å². The average Bonchev–Trinajstić information content (AvgIpc) is 3.28. The van der Waals surface area contributed by atoms with Crippen LogP contribution in [0.1, 0.15) is 24.0 Å². The van der Waals surface area contributed by atoms with Crippen LogP contribution in [0.5, 0.6) is 17.2 Å². The summed E-state index contributed by atoms with van der Waals surface area (Å²) in [7, 11) is 0. The lowest BCUT2D eigenvalue weighted by Crippen LogP contribution is -2.53. The number of anilines is 2. The van der Waals surface area contributed by atoms with E-state index in [1.165, 1.54) is 0 Å². The number of phenols is 2. The topological polar surface area (TPSA) is 177 Å². The Hall–Kier alpha value is -6.67. The number of aliphatic hydroxyl groups is 2. The maximum absolute atomic E-state index is 12.8. The van der Waals surface area contributed by atoms with Crippen LogP contribution in [0.3, 0.4) is 0 Å². The summed E-state index contributed by atoms with van der Waals surface area (Å²) in [5.74, 6) is 2.56. The number of aryl methyl sites for hydroxylation is 2. The number of nitrogens with one attached hydrogen (secondary N) is 1. The number of carbonyl (C=O) groups is 1. The Morgan fingerprint density at radius 2 is 1.20 bits per heavy atom. The second-order valence-corrected chi connectivity index (χ2v) is 15.5. The molecule has 5 N–H and O–H groups in total. The van der Waals surface area contributed by atoms with Gasteiger partial charge >= 0.3 is 5.97 Å². The monoisotopic (exact) mass is 819 g/mol. The van der Waals surface area contributed by atoms with E-state index in [-0.39, 0.29) is 48.7 Å². The SMILES string of the molecule is Cc1ccc2c(N3CCC(C(=O)Oc4ccccc4)CC3CO)nc(-c3ccccc3O)nc2c1.Cc1ccc2c(N3CCNCC3CO)nc(-c3ccccc3O)nc2c1. The van der Waals surface area contributed by atoms with Crippen molar-refractivity contribution in [3.8, 4) is 40.0 Å². The molecule has 5 aromatic carbocycles. The lowest BCUT2D eigenvalue weighted by Gasteiger charge is -2.39. The lowest BCUT2D eigenvalue weighted by molar-refractivity contribution is -0.140. The number of para-hydroxylation sites is 3. The summed E-state index contributed by atoms with van der Waals surface area (Å²) >= 11 is 0. The molecule has 2 aliphatic rings. The maximum atomic E-state index is 12.8. The van der Waals surface area contributed by atoms with Crippen LogP contribution >= 0.6 is 0 Å². The third kappa shape index (κ3) is 8.95. The van der Waals surface area contributed by atoms with Gasteiger partial charge in [-0.05, 0) is 98.5 Å². The van der Waals surface area contributed by atoms with Gasteiger partial charge in [0.15, 0.2) is 11.6 Å². The van der Waals surface area contributed by atoms with Crippen molar-refractivity contribution in [2.45, 2.75) is 38.8 Å². The predicted molar refractivity (Wildman–Crippen MR) is 237 cm³/mol. The van der Waals surface area contributed by atoms with Gasteiger partial charge in [-0.3, -0.25) is 4.79 Å². The minimum Gasteiger partial charge on any atom is -0.507 e. The van der Waals surface area contributed by atoms with Crippen molar-refractivity contribution in [2.24, 2.45) is 5.92 Å². The number of carbonyl (C=O) groups excluding carboxylic acids is 1. The molecule has 4 heterocycles. The first-order valence-electron chi connectivity index (χ1n) is 20.6. The number of benzene rings is 5. The van der Waals surface area contributed by atoms with Crippen LogP contribution in [0.25, 0.3) is 44.6 Å². The van der Waals surface area contributed by atoms with Crippen LogP contribution in [0.15, 0.2) is 115 Å². The number of aliphatic hydroxyl groups excluding tert-OH is 2. The van der Waals surface area contributed by atoms with Crippen molar-refractivity contribution in [3.63, 3.8) is 0 Å². The number of hydrogen-bond donors (Lipinski definition) is 5. The Bertz CT molecular complexity index is 2660. The minimum atomic E-state index is -0.323. The molecule has 0 aliphatic carbocycles. The van der Waals surface area contributed by atoms with E-state index >= 15 is 0 Å². The third-order valence-corrected chi connectivity index (χ3v) is 11.3. The smallest absolute Gasteiger partial charge is 0.314 e. The molecule has 7 aromatic rings. The fourth-order valence-corrected chi connectivity index (χ4v) is 8.06. The molecule has 0 amide bonds. The quantitative estimate of drug-likeness (QED) is 0.0822. The van der Waals surface area contributed by atoms with Gasteiger partial charge in [0.25, 0.3) is 0 Å². The normalized spacial score (nSPS) is 17.8. The van der Waals surface area contributed by atoms with E-state index in [1.54, 1.807) is 42.5 Å². The number of fused-ring (bicyclic) bond motifs is 2. The number of hydrogen-bond acceptors (Lipinski definition) is 13. The first kappa shape index (κ1) is 41.1. The molecular formula is C48H49N7O6. The summed E-state index contributed by atoms with van der Waals surface area (Å²) in [5, 5.41) is 45.9. The van der Waals surface area contributed by atoms with E-state index in [2.05, 4.69) is 15.1 Å². The fourth-order valence-electron chi connectivity index (χ4n) is 8.06. The zero-order chi connectivity index (χ0) is 42.5. The predicted octanol–water partition coefficient (Wildman–Crippen LogP) is 6.58. The standard InChI is InChI=1S/C28H27N3O4.C20H22N4O2/c1-18-11-12-22-24(15-18)29-26(23-9-5-6-10-25(23)33)30-27(22)31-14-13-19(16-20(31)17-32)28(34)35-21-7-3-2-4-8-21;1-13-6-7-15-17(10-13)22-19(16-4-2-3-5-18(16)26)23-20(15)24-9-8-21-11-14(24)12-25/h2-12,15,19-20,32-33H,13-14,16-17H2,1H3;2-7,10,14,21,25-26H,8-9,11-12H2,1H3. The van der Waals surface area contributed by atoms with Crippen LogP contribution in [0.2, 0.25) is 0 Å². The van der Waals surface area contributed by atoms with Crippen molar-refractivity contribution in [1.29, 1.82) is 0 Å². The van der Waals surface area contributed by atoms with Crippen molar-refractivity contribution >= 4 is 39.4 Å². The Balaban J connectivity index is 0.000000176. The van der Waals surface area contributed by atoms with E-state index in [0.717, 1.165) is 51.8 Å². The van der Waals surface area contributed by atoms with E-state index in [0.29, 0.717) is 60.3 Å². The molecule has 0 spiro atoms. The molecule has 13 heteroatoms. The van der Waals surface area contributed by atoms with Crippen molar-refractivity contribution in [3.05, 3.63) is 126 Å². The van der Waals surface area contributed by atoms with Gasteiger partial charge in [-0.25, -0.2) is 19.9 Å². The van der Waals surface area contributed by atoms with Gasteiger partial charge in [0.1, 0.15) is 28.9 Å². The molecule has 2 saturated heterocycles. The number of piperidine rings is 1. The fraction of sp³-hybridized carbons (Fsp3) is 0.271. The summed E-state index contributed by atoms with van der Waals surface area (Å²) in [6.45, 7) is 6.78. The zero-order valence-corrected chi connectivity index (χ0v) is 34.1. The third-order valence-electron chi connectivity index (χ3n) is 11.3. The summed E-state index contributed by atoms with van der Waals surface area (Å²) in [5.41, 5.74) is 4.92. The second-order valence-electron chi connectivity index (χ2n) is 15.5. The van der Waals surface area contributed by atoms with Crippen LogP contribution in [0.4, 0.5) is 11.6 Å². The molecule has 0 bridgehead atoms. The number of nitrogens with zero attached hydrogens (tertiary/aromatic N) is 6. The number of rotatable bonds is 8. The highest BCUT2D eigenvalue weighted by Crippen LogP contribution is 2.37. The number of aromatic nitrogens is 4. The van der Waals surface area contributed by atoms with E-state index < -0.39 is 0 Å². The number of piperazine rings is 1. The number of ether oxygens (including phenoxy) is 1. The number of phenolic OH excluding ortho intramolecular Hbond substituents is 2. The molecule has 2 aromatic heterocycles. The van der Waals surface area contributed by atoms with Gasteiger partial charge in [0.05, 0.1) is 53.4 Å². The lowest BCUT2D eigenvalue weighted by atomic mass is 9.90. The maximum Gasteiger partial charge on any atom is 0.314 e. The molecule has 2 aliphatic heterocycles. The largest absolute Gasteiger partial charge is 0.507 e. The average molecular weight is 820 g/mol. The van der Waals surface area contributed by atoms with Crippen LogP contribution in [-0.2, 0) is 4.79 Å². The van der Waals surface area contributed by atoms with Crippen LogP contribution < -0.4 is 19.9 Å². The van der Waals surface area contributed by atoms with Crippen molar-refractivity contribution in [1.82, 2.24) is 25.3 Å². The summed E-state index contributed by atoms with van der Waals surface area (Å²) in [6, 6.07) is 34.8. The Labute approximate surface area is 354 Å².